The van der Waals surface area contributed by atoms with Gasteiger partial charge in [0.25, 0.3) is 0 Å². The summed E-state index contributed by atoms with van der Waals surface area (Å²) in [4.78, 5) is 11.5. The molecule has 3 aliphatic heterocycles. The lowest BCUT2D eigenvalue weighted by atomic mass is 9.96. The Hall–Kier alpha value is -1.13. The third kappa shape index (κ3) is 6.55. The van der Waals surface area contributed by atoms with Gasteiger partial charge in [-0.3, -0.25) is 4.79 Å². The van der Waals surface area contributed by atoms with E-state index in [-0.39, 0.29) is 0 Å². The average Bonchev–Trinajstić information content (AvgIpc) is 2.86. The number of hydrogen-bond acceptors (Lipinski definition) is 16. The van der Waals surface area contributed by atoms with Crippen LogP contribution in [0.15, 0.2) is 0 Å². The molecule has 12 N–H and O–H groups in total. The summed E-state index contributed by atoms with van der Waals surface area (Å²) in [6.07, 6.45) is -20.1. The summed E-state index contributed by atoms with van der Waals surface area (Å²) in [5.41, 5.74) is 5.79. The third-order valence-corrected chi connectivity index (χ3v) is 6.56. The molecule has 1 amide bonds. The number of carbonyl (C=O) groups is 1. The number of nitrogens with one attached hydrogen (secondary N) is 1. The first kappa shape index (κ1) is 30.4. The van der Waals surface area contributed by atoms with Gasteiger partial charge in [-0.15, -0.1) is 0 Å². The predicted molar refractivity (Wildman–Crippen MR) is 115 cm³/mol. The van der Waals surface area contributed by atoms with Crippen LogP contribution in [-0.2, 0) is 28.5 Å². The molecule has 0 aliphatic carbocycles. The second kappa shape index (κ2) is 12.8. The van der Waals surface area contributed by atoms with E-state index in [1.807, 2.05) is 0 Å². The van der Waals surface area contributed by atoms with Crippen molar-refractivity contribution in [1.29, 1.82) is 0 Å². The zero-order valence-electron chi connectivity index (χ0n) is 19.8. The van der Waals surface area contributed by atoms with Crippen molar-refractivity contribution in [1.82, 2.24) is 5.32 Å². The van der Waals surface area contributed by atoms with Gasteiger partial charge in [0, 0.05) is 6.92 Å². The largest absolute Gasteiger partial charge is 0.394 e. The molecule has 0 bridgehead atoms. The van der Waals surface area contributed by atoms with Gasteiger partial charge in [-0.2, -0.15) is 0 Å². The van der Waals surface area contributed by atoms with Gasteiger partial charge in [-0.25, -0.2) is 0 Å². The molecule has 3 fully saturated rings. The second-order valence-electron chi connectivity index (χ2n) is 9.20. The molecule has 3 rings (SSSR count). The van der Waals surface area contributed by atoms with Gasteiger partial charge in [-0.05, 0) is 0 Å². The Morgan fingerprint density at radius 2 is 1.32 bits per heavy atom. The van der Waals surface area contributed by atoms with Crippen LogP contribution < -0.4 is 11.1 Å². The van der Waals surface area contributed by atoms with E-state index in [2.05, 4.69) is 5.32 Å². The van der Waals surface area contributed by atoms with Crippen LogP contribution in [0, 0.1) is 0 Å². The molecule has 1 unspecified atom stereocenters. The predicted octanol–water partition coefficient (Wildman–Crippen LogP) is -7.46. The molecular formula is C20H36N2O15. The molecule has 0 aromatic rings. The Bertz CT molecular complexity index is 749. The number of amides is 1. The minimum absolute atomic E-state index is 0.555. The Balaban J connectivity index is 1.64. The minimum Gasteiger partial charge on any atom is -0.394 e. The maximum atomic E-state index is 11.5. The average molecular weight is 545 g/mol. The van der Waals surface area contributed by atoms with Gasteiger partial charge in [0.1, 0.15) is 67.1 Å². The zero-order chi connectivity index (χ0) is 27.6. The Morgan fingerprint density at radius 3 is 1.89 bits per heavy atom. The normalized spacial score (nSPS) is 49.0. The van der Waals surface area contributed by atoms with Gasteiger partial charge in [-0.1, -0.05) is 0 Å². The van der Waals surface area contributed by atoms with Crippen LogP contribution in [0.1, 0.15) is 6.92 Å². The van der Waals surface area contributed by atoms with Crippen LogP contribution in [0.2, 0.25) is 0 Å². The molecule has 15 atom stereocenters. The van der Waals surface area contributed by atoms with Crippen LogP contribution in [0.25, 0.3) is 0 Å². The van der Waals surface area contributed by atoms with Gasteiger partial charge in [0.2, 0.25) is 5.91 Å². The smallest absolute Gasteiger partial charge is 0.217 e. The molecule has 0 aromatic heterocycles. The van der Waals surface area contributed by atoms with E-state index >= 15 is 0 Å². The highest BCUT2D eigenvalue weighted by atomic mass is 16.7. The fourth-order valence-corrected chi connectivity index (χ4v) is 4.39. The molecule has 17 nitrogen and oxygen atoms in total. The zero-order valence-corrected chi connectivity index (χ0v) is 19.8. The Morgan fingerprint density at radius 1 is 0.784 bits per heavy atom. The number of hydrogen-bond donors (Lipinski definition) is 11. The van der Waals surface area contributed by atoms with E-state index < -0.39 is 118 Å². The van der Waals surface area contributed by atoms with E-state index in [0.717, 1.165) is 6.92 Å². The molecule has 17 heteroatoms. The summed E-state index contributed by atoms with van der Waals surface area (Å²) >= 11 is 0. The second-order valence-corrected chi connectivity index (χ2v) is 9.20. The highest BCUT2D eigenvalue weighted by Gasteiger charge is 2.51. The van der Waals surface area contributed by atoms with Crippen LogP contribution in [0.5, 0.6) is 0 Å². The van der Waals surface area contributed by atoms with Crippen molar-refractivity contribution in [3.63, 3.8) is 0 Å². The topological polar surface area (TPSA) is 283 Å². The van der Waals surface area contributed by atoms with E-state index in [1.165, 1.54) is 0 Å². The highest BCUT2D eigenvalue weighted by Crippen LogP contribution is 2.29. The van der Waals surface area contributed by atoms with Crippen molar-refractivity contribution in [3.05, 3.63) is 0 Å². The van der Waals surface area contributed by atoms with Gasteiger partial charge < -0.3 is 80.7 Å². The number of aliphatic hydroxyl groups is 9. The number of carbonyl (C=O) groups excluding carboxylic acids is 1. The summed E-state index contributed by atoms with van der Waals surface area (Å²) in [5, 5.41) is 93.0. The first-order chi connectivity index (χ1) is 17.4. The van der Waals surface area contributed by atoms with Crippen molar-refractivity contribution in [2.24, 2.45) is 5.73 Å². The number of aliphatic hydroxyl groups excluding tert-OH is 9. The van der Waals surface area contributed by atoms with Crippen molar-refractivity contribution < 1.29 is 74.4 Å². The fraction of sp³-hybridized carbons (Fsp3) is 0.950. The minimum atomic E-state index is -1.88. The Labute approximate surface area is 210 Å². The number of nitrogens with two attached hydrogens (primary N) is 1. The standard InChI is InChI=1S/C20H36N2O15/c1-5(25)22-10-15(30)12(27)7(3-24)36-20(10)33-4-8-13(28)16(31)17(18(32)34-8)37-19-9(21)14(29)11(26)6(2-23)35-19/h6-20,23-24,26-32H,2-4,21H2,1H3,(H,22,25)/t6-,7-,8-,9-,10-,11-,12-,13-,14-,15-,16+,17+,18?,19+,20-/m1/s1. The van der Waals surface area contributed by atoms with Crippen LogP contribution in [-0.4, -0.2) is 164 Å². The lowest BCUT2D eigenvalue weighted by molar-refractivity contribution is -0.352. The van der Waals surface area contributed by atoms with Crippen molar-refractivity contribution >= 4 is 5.91 Å². The van der Waals surface area contributed by atoms with Crippen molar-refractivity contribution in [3.8, 4) is 0 Å². The summed E-state index contributed by atoms with van der Waals surface area (Å²) in [5.74, 6) is -0.583. The van der Waals surface area contributed by atoms with Crippen molar-refractivity contribution in [2.75, 3.05) is 19.8 Å². The summed E-state index contributed by atoms with van der Waals surface area (Å²) in [6.45, 7) is -0.775. The van der Waals surface area contributed by atoms with Crippen LogP contribution in [0.4, 0.5) is 0 Å². The number of rotatable bonds is 8. The molecule has 0 radical (unpaired) electrons. The maximum Gasteiger partial charge on any atom is 0.217 e. The lowest BCUT2D eigenvalue weighted by Gasteiger charge is -2.46. The van der Waals surface area contributed by atoms with Crippen molar-refractivity contribution in [2.45, 2.75) is 98.9 Å². The fourth-order valence-electron chi connectivity index (χ4n) is 4.39. The molecule has 0 spiro atoms. The maximum absolute atomic E-state index is 11.5. The van der Waals surface area contributed by atoms with E-state index in [0.29, 0.717) is 0 Å². The number of ether oxygens (including phenoxy) is 5. The first-order valence-corrected chi connectivity index (χ1v) is 11.7. The van der Waals surface area contributed by atoms with E-state index in [4.69, 9.17) is 29.4 Å². The highest BCUT2D eigenvalue weighted by molar-refractivity contribution is 5.73. The van der Waals surface area contributed by atoms with Crippen LogP contribution in [0.3, 0.4) is 0 Å². The van der Waals surface area contributed by atoms with E-state index in [9.17, 15) is 50.8 Å². The van der Waals surface area contributed by atoms with Gasteiger partial charge in [0.15, 0.2) is 18.9 Å². The molecule has 37 heavy (non-hydrogen) atoms. The quantitative estimate of drug-likeness (QED) is 0.135. The molecule has 0 saturated carbocycles. The lowest BCUT2D eigenvalue weighted by Crippen LogP contribution is -2.67. The summed E-state index contributed by atoms with van der Waals surface area (Å²) in [7, 11) is 0. The van der Waals surface area contributed by atoms with E-state index in [1.54, 1.807) is 0 Å². The van der Waals surface area contributed by atoms with Gasteiger partial charge in [0.05, 0.1) is 25.9 Å². The summed E-state index contributed by atoms with van der Waals surface area (Å²) in [6, 6.07) is -2.61. The van der Waals surface area contributed by atoms with Gasteiger partial charge >= 0.3 is 0 Å². The third-order valence-electron chi connectivity index (χ3n) is 6.56. The molecular weight excluding hydrogens is 508 g/mol. The molecule has 0 aromatic carbocycles. The molecule has 3 heterocycles. The molecule has 3 aliphatic rings. The first-order valence-electron chi connectivity index (χ1n) is 11.7. The summed E-state index contributed by atoms with van der Waals surface area (Å²) < 4.78 is 26.9. The monoisotopic (exact) mass is 544 g/mol. The SMILES string of the molecule is CC(=O)N[C@H]1[C@H](OC[C@H]2OC(O)[C@@H](O[C@@H]3O[C@H](CO)[C@@H](O)[C@H](O)[C@H]3N)[C@@H](O)[C@@H]2O)O[C@H](CO)[C@@H](O)[C@@H]1O. The Kier molecular flexibility index (Phi) is 10.5. The van der Waals surface area contributed by atoms with Crippen LogP contribution >= 0.6 is 0 Å². The molecule has 3 saturated heterocycles. The molecule has 216 valence electrons.